The number of ether oxygens (including phenoxy) is 2. The fourth-order valence-corrected chi connectivity index (χ4v) is 2.50. The molecule has 0 heterocycles. The topological polar surface area (TPSA) is 64.6 Å². The zero-order valence-electron chi connectivity index (χ0n) is 14.2. The van der Waals surface area contributed by atoms with E-state index in [-0.39, 0.29) is 12.3 Å². The first-order valence-corrected chi connectivity index (χ1v) is 8.31. The second-order valence-corrected chi connectivity index (χ2v) is 5.68. The summed E-state index contributed by atoms with van der Waals surface area (Å²) in [7, 11) is 1.30. The number of anilines is 1. The molecule has 0 aromatic heterocycles. The number of carbonyl (C=O) groups excluding carboxylic acids is 2. The summed E-state index contributed by atoms with van der Waals surface area (Å²) in [6, 6.07) is 12.2. The van der Waals surface area contributed by atoms with E-state index in [1.807, 2.05) is 31.2 Å². The van der Waals surface area contributed by atoms with Crippen molar-refractivity contribution < 1.29 is 19.1 Å². The van der Waals surface area contributed by atoms with Crippen molar-refractivity contribution >= 4 is 29.2 Å². The van der Waals surface area contributed by atoms with Crippen LogP contribution in [-0.4, -0.2) is 25.6 Å². The average Bonchev–Trinajstić information content (AvgIpc) is 2.62. The van der Waals surface area contributed by atoms with Gasteiger partial charge in [0.1, 0.15) is 5.75 Å². The molecule has 0 bridgehead atoms. The van der Waals surface area contributed by atoms with Gasteiger partial charge in [0.05, 0.1) is 30.0 Å². The fourth-order valence-electron chi connectivity index (χ4n) is 2.33. The van der Waals surface area contributed by atoms with Gasteiger partial charge in [-0.1, -0.05) is 29.8 Å². The Balaban J connectivity index is 2.02. The highest BCUT2D eigenvalue weighted by atomic mass is 35.5. The molecule has 0 aliphatic heterocycles. The molecule has 6 heteroatoms. The third-order valence-corrected chi connectivity index (χ3v) is 3.88. The lowest BCUT2D eigenvalue weighted by Crippen LogP contribution is -2.14. The van der Waals surface area contributed by atoms with Gasteiger partial charge in [0.15, 0.2) is 0 Å². The lowest BCUT2D eigenvalue weighted by Gasteiger charge is -2.11. The van der Waals surface area contributed by atoms with Crippen molar-refractivity contribution in [3.05, 3.63) is 58.6 Å². The molecule has 0 aliphatic carbocycles. The van der Waals surface area contributed by atoms with E-state index >= 15 is 0 Å². The first-order valence-electron chi connectivity index (χ1n) is 7.93. The molecule has 0 unspecified atom stereocenters. The van der Waals surface area contributed by atoms with E-state index in [9.17, 15) is 9.59 Å². The summed E-state index contributed by atoms with van der Waals surface area (Å²) < 4.78 is 10.2. The number of amides is 1. The number of hydrogen-bond acceptors (Lipinski definition) is 4. The van der Waals surface area contributed by atoms with Crippen molar-refractivity contribution in [3.63, 3.8) is 0 Å². The van der Waals surface area contributed by atoms with Gasteiger partial charge in [-0.3, -0.25) is 4.79 Å². The van der Waals surface area contributed by atoms with Crippen LogP contribution in [0, 0.1) is 0 Å². The van der Waals surface area contributed by atoms with Crippen molar-refractivity contribution in [3.8, 4) is 5.75 Å². The molecule has 2 aromatic rings. The molecule has 25 heavy (non-hydrogen) atoms. The minimum Gasteiger partial charge on any atom is -0.494 e. The average molecular weight is 362 g/mol. The highest BCUT2D eigenvalue weighted by Crippen LogP contribution is 2.24. The van der Waals surface area contributed by atoms with Gasteiger partial charge in [0, 0.05) is 6.42 Å². The monoisotopic (exact) mass is 361 g/mol. The van der Waals surface area contributed by atoms with Crippen LogP contribution in [0.25, 0.3) is 0 Å². The second-order valence-electron chi connectivity index (χ2n) is 5.28. The molecule has 2 rings (SSSR count). The van der Waals surface area contributed by atoms with E-state index in [0.717, 1.165) is 11.3 Å². The zero-order chi connectivity index (χ0) is 18.2. The summed E-state index contributed by atoms with van der Waals surface area (Å²) in [4.78, 5) is 23.8. The van der Waals surface area contributed by atoms with Crippen molar-refractivity contribution in [2.45, 2.75) is 19.8 Å². The maximum absolute atomic E-state index is 12.2. The Morgan fingerprint density at radius 2 is 1.92 bits per heavy atom. The summed E-state index contributed by atoms with van der Waals surface area (Å²) in [5, 5.41) is 3.09. The lowest BCUT2D eigenvalue weighted by molar-refractivity contribution is -0.116. The van der Waals surface area contributed by atoms with Crippen LogP contribution < -0.4 is 10.1 Å². The second kappa shape index (κ2) is 9.08. The number of aryl methyl sites for hydroxylation is 1. The highest BCUT2D eigenvalue weighted by Gasteiger charge is 2.12. The van der Waals surface area contributed by atoms with E-state index in [4.69, 9.17) is 16.3 Å². The molecule has 0 radical (unpaired) electrons. The predicted molar refractivity (Wildman–Crippen MR) is 97.4 cm³/mol. The van der Waals surface area contributed by atoms with Crippen molar-refractivity contribution in [2.75, 3.05) is 19.0 Å². The maximum atomic E-state index is 12.2. The molecule has 132 valence electrons. The number of methoxy groups -OCH3 is 1. The van der Waals surface area contributed by atoms with Crippen LogP contribution in [0.1, 0.15) is 29.3 Å². The summed E-state index contributed by atoms with van der Waals surface area (Å²) in [5.74, 6) is 0.0940. The summed E-state index contributed by atoms with van der Waals surface area (Å²) in [5.41, 5.74) is 1.67. The van der Waals surface area contributed by atoms with E-state index in [1.54, 1.807) is 12.1 Å². The van der Waals surface area contributed by atoms with E-state index in [1.165, 1.54) is 13.2 Å². The number of rotatable bonds is 7. The molecule has 0 saturated heterocycles. The first-order chi connectivity index (χ1) is 12.0. The Kier molecular flexibility index (Phi) is 6.83. The van der Waals surface area contributed by atoms with Crippen LogP contribution >= 0.6 is 11.6 Å². The van der Waals surface area contributed by atoms with E-state index in [0.29, 0.717) is 29.3 Å². The van der Waals surface area contributed by atoms with Crippen LogP contribution in [0.4, 0.5) is 5.69 Å². The standard InChI is InChI=1S/C19H20ClNO4/c1-3-25-17-7-5-4-6-13(17)9-11-18(22)21-16-12-14(19(23)24-2)8-10-15(16)20/h4-8,10,12H,3,9,11H2,1-2H3,(H,21,22). The van der Waals surface area contributed by atoms with Crippen molar-refractivity contribution in [2.24, 2.45) is 0 Å². The van der Waals surface area contributed by atoms with Crippen LogP contribution in [0.3, 0.4) is 0 Å². The van der Waals surface area contributed by atoms with Crippen molar-refractivity contribution in [1.29, 1.82) is 0 Å². The van der Waals surface area contributed by atoms with Crippen LogP contribution in [0.2, 0.25) is 5.02 Å². The molecule has 0 atom stereocenters. The quantitative estimate of drug-likeness (QED) is 0.754. The number of halogens is 1. The molecule has 1 amide bonds. The third-order valence-electron chi connectivity index (χ3n) is 3.56. The fraction of sp³-hybridized carbons (Fsp3) is 0.263. The number of carbonyl (C=O) groups is 2. The summed E-state index contributed by atoms with van der Waals surface area (Å²) >= 11 is 6.08. The molecule has 2 aromatic carbocycles. The van der Waals surface area contributed by atoms with E-state index in [2.05, 4.69) is 10.1 Å². The third kappa shape index (κ3) is 5.22. The number of para-hydroxylation sites is 1. The van der Waals surface area contributed by atoms with Gasteiger partial charge in [0.25, 0.3) is 0 Å². The smallest absolute Gasteiger partial charge is 0.337 e. The van der Waals surface area contributed by atoms with Gasteiger partial charge in [-0.15, -0.1) is 0 Å². The molecule has 5 nitrogen and oxygen atoms in total. The van der Waals surface area contributed by atoms with Gasteiger partial charge in [-0.2, -0.15) is 0 Å². The van der Waals surface area contributed by atoms with Gasteiger partial charge >= 0.3 is 5.97 Å². The highest BCUT2D eigenvalue weighted by molar-refractivity contribution is 6.33. The van der Waals surface area contributed by atoms with Gasteiger partial charge in [-0.05, 0) is 43.2 Å². The number of esters is 1. The van der Waals surface area contributed by atoms with Crippen LogP contribution in [-0.2, 0) is 16.0 Å². The van der Waals surface area contributed by atoms with Gasteiger partial charge < -0.3 is 14.8 Å². The normalized spacial score (nSPS) is 10.2. The molecule has 0 spiro atoms. The zero-order valence-corrected chi connectivity index (χ0v) is 14.9. The maximum Gasteiger partial charge on any atom is 0.337 e. The van der Waals surface area contributed by atoms with Crippen LogP contribution in [0.5, 0.6) is 5.75 Å². The number of nitrogens with one attached hydrogen (secondary N) is 1. The Labute approximate surface area is 151 Å². The minimum atomic E-state index is -0.488. The summed E-state index contributed by atoms with van der Waals surface area (Å²) in [6.07, 6.45) is 0.805. The van der Waals surface area contributed by atoms with E-state index < -0.39 is 5.97 Å². The van der Waals surface area contributed by atoms with Gasteiger partial charge in [0.2, 0.25) is 5.91 Å². The van der Waals surface area contributed by atoms with Crippen molar-refractivity contribution in [1.82, 2.24) is 0 Å². The Morgan fingerprint density at radius 1 is 1.16 bits per heavy atom. The molecule has 0 saturated carbocycles. The molecule has 0 fully saturated rings. The SMILES string of the molecule is CCOc1ccccc1CCC(=O)Nc1cc(C(=O)OC)ccc1Cl. The first kappa shape index (κ1) is 18.8. The largest absolute Gasteiger partial charge is 0.494 e. The lowest BCUT2D eigenvalue weighted by atomic mass is 10.1. The number of hydrogen-bond donors (Lipinski definition) is 1. The molecular weight excluding hydrogens is 342 g/mol. The summed E-state index contributed by atoms with van der Waals surface area (Å²) in [6.45, 7) is 2.49. The van der Waals surface area contributed by atoms with Crippen LogP contribution in [0.15, 0.2) is 42.5 Å². The molecular formula is C19H20ClNO4. The van der Waals surface area contributed by atoms with Gasteiger partial charge in [-0.25, -0.2) is 4.79 Å². The Morgan fingerprint density at radius 3 is 2.64 bits per heavy atom. The Hall–Kier alpha value is -2.53. The molecule has 1 N–H and O–H groups in total. The minimum absolute atomic E-state index is 0.199. The Bertz CT molecular complexity index is 761. The number of benzene rings is 2. The predicted octanol–water partition coefficient (Wildman–Crippen LogP) is 4.10. The molecule has 0 aliphatic rings.